The predicted molar refractivity (Wildman–Crippen MR) is 84.2 cm³/mol. The van der Waals surface area contributed by atoms with Crippen LogP contribution < -0.4 is 10.1 Å². The summed E-state index contributed by atoms with van der Waals surface area (Å²) in [6.45, 7) is 9.12. The van der Waals surface area contributed by atoms with Gasteiger partial charge in [-0.15, -0.1) is 0 Å². The number of nitrogens with one attached hydrogen (secondary N) is 1. The number of halogens is 1. The molecule has 0 heterocycles. The monoisotopic (exact) mass is 287 g/mol. The molecular formula is C18H22FNO. The molecule has 0 amide bonds. The first-order valence-electron chi connectivity index (χ1n) is 7.11. The summed E-state index contributed by atoms with van der Waals surface area (Å²) in [7, 11) is 0. The van der Waals surface area contributed by atoms with Crippen LogP contribution in [0.1, 0.15) is 31.9 Å². The van der Waals surface area contributed by atoms with Crippen molar-refractivity contribution >= 4 is 0 Å². The fraction of sp³-hybridized carbons (Fsp3) is 0.333. The number of ether oxygens (including phenoxy) is 1. The van der Waals surface area contributed by atoms with Crippen molar-refractivity contribution in [3.8, 4) is 11.5 Å². The van der Waals surface area contributed by atoms with E-state index in [0.29, 0.717) is 11.5 Å². The minimum absolute atomic E-state index is 0.0911. The molecule has 0 bridgehead atoms. The summed E-state index contributed by atoms with van der Waals surface area (Å²) in [6.07, 6.45) is 0. The number of rotatable bonds is 4. The average molecular weight is 287 g/mol. The highest BCUT2D eigenvalue weighted by atomic mass is 19.1. The Hall–Kier alpha value is -1.87. The van der Waals surface area contributed by atoms with Gasteiger partial charge in [-0.1, -0.05) is 18.2 Å². The molecule has 112 valence electrons. The summed E-state index contributed by atoms with van der Waals surface area (Å²) < 4.78 is 19.0. The number of hydrogen-bond donors (Lipinski definition) is 1. The van der Waals surface area contributed by atoms with E-state index in [-0.39, 0.29) is 11.4 Å². The van der Waals surface area contributed by atoms with E-state index in [2.05, 4.69) is 26.1 Å². The van der Waals surface area contributed by atoms with Crippen LogP contribution in [0.3, 0.4) is 0 Å². The van der Waals surface area contributed by atoms with Gasteiger partial charge in [0, 0.05) is 18.2 Å². The quantitative estimate of drug-likeness (QED) is 0.871. The van der Waals surface area contributed by atoms with Crippen LogP contribution in [0, 0.1) is 12.7 Å². The molecule has 0 saturated heterocycles. The Morgan fingerprint density at radius 2 is 1.71 bits per heavy atom. The molecule has 0 atom stereocenters. The Morgan fingerprint density at radius 1 is 1.05 bits per heavy atom. The zero-order chi connectivity index (χ0) is 15.5. The van der Waals surface area contributed by atoms with Crippen LogP contribution in [0.15, 0.2) is 42.5 Å². The molecule has 2 nitrogen and oxygen atoms in total. The summed E-state index contributed by atoms with van der Waals surface area (Å²) in [5, 5.41) is 3.43. The molecule has 1 N–H and O–H groups in total. The van der Waals surface area contributed by atoms with Crippen molar-refractivity contribution in [3.63, 3.8) is 0 Å². The maximum Gasteiger partial charge on any atom is 0.133 e. The van der Waals surface area contributed by atoms with Gasteiger partial charge in [-0.2, -0.15) is 0 Å². The largest absolute Gasteiger partial charge is 0.457 e. The standard InChI is InChI=1S/C18H22FNO/c1-13-5-8-15(19)11-17(13)21-16-9-6-14(7-10-16)12-20-18(2,3)4/h5-11,20H,12H2,1-4H3. The SMILES string of the molecule is Cc1ccc(F)cc1Oc1ccc(CNC(C)(C)C)cc1. The molecule has 0 saturated carbocycles. The van der Waals surface area contributed by atoms with E-state index < -0.39 is 0 Å². The van der Waals surface area contributed by atoms with Gasteiger partial charge in [-0.05, 0) is 57.0 Å². The second-order valence-corrected chi connectivity index (χ2v) is 6.26. The zero-order valence-electron chi connectivity index (χ0n) is 13.0. The first kappa shape index (κ1) is 15.5. The maximum atomic E-state index is 13.2. The van der Waals surface area contributed by atoms with Gasteiger partial charge in [0.25, 0.3) is 0 Å². The van der Waals surface area contributed by atoms with E-state index in [1.54, 1.807) is 6.07 Å². The molecule has 3 heteroatoms. The predicted octanol–water partition coefficient (Wildman–Crippen LogP) is 4.81. The lowest BCUT2D eigenvalue weighted by atomic mass is 10.1. The van der Waals surface area contributed by atoms with Gasteiger partial charge in [0.05, 0.1) is 0 Å². The number of hydrogen-bond acceptors (Lipinski definition) is 2. The lowest BCUT2D eigenvalue weighted by molar-refractivity contribution is 0.424. The van der Waals surface area contributed by atoms with Crippen LogP contribution in [0.5, 0.6) is 11.5 Å². The molecule has 0 spiro atoms. The normalized spacial score (nSPS) is 11.5. The van der Waals surface area contributed by atoms with Crippen LogP contribution in [0.25, 0.3) is 0 Å². The van der Waals surface area contributed by atoms with Crippen molar-refractivity contribution in [2.24, 2.45) is 0 Å². The van der Waals surface area contributed by atoms with Crippen LogP contribution in [0.4, 0.5) is 4.39 Å². The van der Waals surface area contributed by atoms with Crippen molar-refractivity contribution < 1.29 is 9.13 Å². The van der Waals surface area contributed by atoms with Gasteiger partial charge in [0.2, 0.25) is 0 Å². The van der Waals surface area contributed by atoms with Crippen molar-refractivity contribution in [1.82, 2.24) is 5.32 Å². The molecule has 21 heavy (non-hydrogen) atoms. The maximum absolute atomic E-state index is 13.2. The molecule has 0 aliphatic rings. The van der Waals surface area contributed by atoms with Gasteiger partial charge in [0.1, 0.15) is 17.3 Å². The zero-order valence-corrected chi connectivity index (χ0v) is 13.0. The summed E-state index contributed by atoms with van der Waals surface area (Å²) in [5.74, 6) is 0.973. The molecule has 2 rings (SSSR count). The molecular weight excluding hydrogens is 265 g/mol. The van der Waals surface area contributed by atoms with E-state index in [0.717, 1.165) is 12.1 Å². The lowest BCUT2D eigenvalue weighted by Crippen LogP contribution is -2.34. The van der Waals surface area contributed by atoms with Gasteiger partial charge >= 0.3 is 0 Å². The highest BCUT2D eigenvalue weighted by molar-refractivity contribution is 5.38. The van der Waals surface area contributed by atoms with E-state index in [9.17, 15) is 4.39 Å². The number of benzene rings is 2. The molecule has 0 fully saturated rings. The van der Waals surface area contributed by atoms with Crippen molar-refractivity contribution in [2.45, 2.75) is 39.8 Å². The fourth-order valence-corrected chi connectivity index (χ4v) is 1.85. The average Bonchev–Trinajstić information content (AvgIpc) is 2.41. The Morgan fingerprint density at radius 3 is 2.33 bits per heavy atom. The van der Waals surface area contributed by atoms with Crippen molar-refractivity contribution in [3.05, 3.63) is 59.4 Å². The van der Waals surface area contributed by atoms with Crippen molar-refractivity contribution in [1.29, 1.82) is 0 Å². The smallest absolute Gasteiger partial charge is 0.133 e. The summed E-state index contributed by atoms with van der Waals surface area (Å²) >= 11 is 0. The van der Waals surface area contributed by atoms with Gasteiger partial charge in [-0.25, -0.2) is 4.39 Å². The molecule has 2 aromatic carbocycles. The van der Waals surface area contributed by atoms with Gasteiger partial charge in [-0.3, -0.25) is 0 Å². The third-order valence-corrected chi connectivity index (χ3v) is 3.12. The van der Waals surface area contributed by atoms with Gasteiger partial charge in [0.15, 0.2) is 0 Å². The Kier molecular flexibility index (Phi) is 4.63. The second-order valence-electron chi connectivity index (χ2n) is 6.26. The summed E-state index contributed by atoms with van der Waals surface area (Å²) in [4.78, 5) is 0. The minimum atomic E-state index is -0.290. The van der Waals surface area contributed by atoms with E-state index in [1.807, 2.05) is 31.2 Å². The second kappa shape index (κ2) is 6.27. The minimum Gasteiger partial charge on any atom is -0.457 e. The van der Waals surface area contributed by atoms with E-state index in [4.69, 9.17) is 4.74 Å². The molecule has 0 aliphatic carbocycles. The van der Waals surface area contributed by atoms with Crippen LogP contribution >= 0.6 is 0 Å². The number of aryl methyl sites for hydroxylation is 1. The van der Waals surface area contributed by atoms with Crippen LogP contribution in [-0.2, 0) is 6.54 Å². The summed E-state index contributed by atoms with van der Waals surface area (Å²) in [5.41, 5.74) is 2.19. The molecule has 0 aliphatic heterocycles. The third kappa shape index (κ3) is 4.87. The van der Waals surface area contributed by atoms with Gasteiger partial charge < -0.3 is 10.1 Å². The Balaban J connectivity index is 2.04. The van der Waals surface area contributed by atoms with E-state index in [1.165, 1.54) is 17.7 Å². The highest BCUT2D eigenvalue weighted by Crippen LogP contribution is 2.26. The first-order chi connectivity index (χ1) is 9.83. The fourth-order valence-electron chi connectivity index (χ4n) is 1.85. The molecule has 0 unspecified atom stereocenters. The van der Waals surface area contributed by atoms with E-state index >= 15 is 0 Å². The Labute approximate surface area is 126 Å². The topological polar surface area (TPSA) is 21.3 Å². The third-order valence-electron chi connectivity index (χ3n) is 3.12. The molecule has 0 aromatic heterocycles. The molecule has 0 radical (unpaired) electrons. The van der Waals surface area contributed by atoms with Crippen LogP contribution in [-0.4, -0.2) is 5.54 Å². The Bertz CT molecular complexity index is 600. The first-order valence-corrected chi connectivity index (χ1v) is 7.11. The van der Waals surface area contributed by atoms with Crippen LogP contribution in [0.2, 0.25) is 0 Å². The highest BCUT2D eigenvalue weighted by Gasteiger charge is 2.08. The lowest BCUT2D eigenvalue weighted by Gasteiger charge is -2.20. The van der Waals surface area contributed by atoms with Crippen molar-refractivity contribution in [2.75, 3.05) is 0 Å². The summed E-state index contributed by atoms with van der Waals surface area (Å²) in [6, 6.07) is 12.4. The molecule has 2 aromatic rings.